The zero-order chi connectivity index (χ0) is 11.5. The normalized spacial score (nSPS) is 14.9. The summed E-state index contributed by atoms with van der Waals surface area (Å²) >= 11 is 1.82. The molecule has 0 saturated heterocycles. The minimum Gasteiger partial charge on any atom is -1.00 e. The summed E-state index contributed by atoms with van der Waals surface area (Å²) in [5.41, 5.74) is 5.13. The molecule has 1 heterocycles. The molecule has 4 heteroatoms. The Labute approximate surface area is 114 Å². The van der Waals surface area contributed by atoms with E-state index in [0.717, 1.165) is 11.7 Å². The number of nitrogens with one attached hydrogen (secondary N) is 1. The van der Waals surface area contributed by atoms with Gasteiger partial charge in [0.05, 0.1) is 0 Å². The summed E-state index contributed by atoms with van der Waals surface area (Å²) in [7, 11) is 0. The highest BCUT2D eigenvalue weighted by Crippen LogP contribution is 2.24. The molecular weight excluding hydrogens is 252 g/mol. The van der Waals surface area contributed by atoms with Gasteiger partial charge < -0.3 is 17.7 Å². The molecule has 0 unspecified atom stereocenters. The highest BCUT2D eigenvalue weighted by molar-refractivity contribution is 8.14. The number of hydrogen-bond acceptors (Lipinski definition) is 3. The lowest BCUT2D eigenvalue weighted by Crippen LogP contribution is -3.00. The van der Waals surface area contributed by atoms with Gasteiger partial charge in [0.25, 0.3) is 0 Å². The average Bonchev–Trinajstić information content (AvgIpc) is 2.25. The summed E-state index contributed by atoms with van der Waals surface area (Å²) in [5.74, 6) is 1.18. The highest BCUT2D eigenvalue weighted by atomic mass is 35.5. The molecule has 0 fully saturated rings. The van der Waals surface area contributed by atoms with Crippen LogP contribution in [0.4, 0.5) is 5.69 Å². The molecule has 0 saturated carbocycles. The number of benzene rings is 1. The number of rotatable bonds is 1. The van der Waals surface area contributed by atoms with Gasteiger partial charge in [0.15, 0.2) is 5.17 Å². The van der Waals surface area contributed by atoms with E-state index in [2.05, 4.69) is 43.2 Å². The van der Waals surface area contributed by atoms with Crippen molar-refractivity contribution in [2.45, 2.75) is 27.2 Å². The molecule has 0 atom stereocenters. The summed E-state index contributed by atoms with van der Waals surface area (Å²) < 4.78 is 0. The number of nitrogens with zero attached hydrogens (tertiary/aromatic N) is 1. The van der Waals surface area contributed by atoms with E-state index in [1.54, 1.807) is 0 Å². The molecule has 17 heavy (non-hydrogen) atoms. The minimum absolute atomic E-state index is 0. The van der Waals surface area contributed by atoms with Gasteiger partial charge in [0.2, 0.25) is 0 Å². The van der Waals surface area contributed by atoms with Gasteiger partial charge in [-0.15, -0.1) is 0 Å². The van der Waals surface area contributed by atoms with Gasteiger partial charge in [-0.05, 0) is 38.3 Å². The quantitative estimate of drug-likeness (QED) is 0.804. The number of halogens is 1. The van der Waals surface area contributed by atoms with E-state index in [1.807, 2.05) is 11.8 Å². The van der Waals surface area contributed by atoms with Crippen molar-refractivity contribution >= 4 is 22.6 Å². The lowest BCUT2D eigenvalue weighted by molar-refractivity contribution is -0.00000341. The molecule has 1 aliphatic rings. The summed E-state index contributed by atoms with van der Waals surface area (Å²) in [6.07, 6.45) is 1.20. The molecule has 0 amide bonds. The molecule has 1 aromatic carbocycles. The van der Waals surface area contributed by atoms with Crippen LogP contribution in [0, 0.1) is 20.8 Å². The van der Waals surface area contributed by atoms with E-state index in [-0.39, 0.29) is 12.4 Å². The fourth-order valence-corrected chi connectivity index (χ4v) is 2.84. The van der Waals surface area contributed by atoms with E-state index in [4.69, 9.17) is 0 Å². The fraction of sp³-hybridized carbons (Fsp3) is 0.462. The van der Waals surface area contributed by atoms with Gasteiger partial charge in [-0.2, -0.15) is 0 Å². The van der Waals surface area contributed by atoms with Gasteiger partial charge >= 0.3 is 0 Å². The van der Waals surface area contributed by atoms with Gasteiger partial charge in [0.1, 0.15) is 0 Å². The topological polar surface area (TPSA) is 24.4 Å². The Morgan fingerprint density at radius 2 is 1.82 bits per heavy atom. The van der Waals surface area contributed by atoms with Crippen LogP contribution in [0.1, 0.15) is 23.1 Å². The Bertz CT molecular complexity index is 406. The lowest BCUT2D eigenvalue weighted by atomic mass is 10.1. The number of anilines is 1. The Kier molecular flexibility index (Phi) is 5.34. The van der Waals surface area contributed by atoms with Crippen molar-refractivity contribution in [2.75, 3.05) is 17.6 Å². The number of amidine groups is 1. The van der Waals surface area contributed by atoms with Crippen molar-refractivity contribution in [1.29, 1.82) is 0 Å². The van der Waals surface area contributed by atoms with Crippen molar-refractivity contribution in [3.05, 3.63) is 28.8 Å². The van der Waals surface area contributed by atoms with Gasteiger partial charge in [-0.1, -0.05) is 29.5 Å². The first-order valence-corrected chi connectivity index (χ1v) is 6.67. The summed E-state index contributed by atoms with van der Waals surface area (Å²) in [5, 5.41) is 4.53. The van der Waals surface area contributed by atoms with Crippen LogP contribution < -0.4 is 17.7 Å². The van der Waals surface area contributed by atoms with Crippen LogP contribution in [-0.2, 0) is 0 Å². The molecule has 1 N–H and O–H groups in total. The predicted molar refractivity (Wildman–Crippen MR) is 73.7 cm³/mol. The molecule has 0 radical (unpaired) electrons. The first kappa shape index (κ1) is 14.4. The number of aliphatic imine (C=N–C) groups is 1. The average molecular weight is 270 g/mol. The molecule has 94 valence electrons. The van der Waals surface area contributed by atoms with Gasteiger partial charge in [-0.3, -0.25) is 4.99 Å². The molecule has 0 aliphatic carbocycles. The molecule has 0 aromatic heterocycles. The largest absolute Gasteiger partial charge is 1.00 e. The lowest BCUT2D eigenvalue weighted by Gasteiger charge is -2.17. The summed E-state index contributed by atoms with van der Waals surface area (Å²) in [6.45, 7) is 7.39. The third-order valence-corrected chi connectivity index (χ3v) is 3.70. The fourth-order valence-electron chi connectivity index (χ4n) is 2.02. The summed E-state index contributed by atoms with van der Waals surface area (Å²) in [6, 6.07) is 4.42. The SMILES string of the molecule is Cc1cc(C)c(NC2=NCCCS2)c(C)c1.[Cl-]. The zero-order valence-electron chi connectivity index (χ0n) is 10.5. The van der Waals surface area contributed by atoms with Crippen LogP contribution in [0.25, 0.3) is 0 Å². The molecule has 2 nitrogen and oxygen atoms in total. The molecule has 0 bridgehead atoms. The smallest absolute Gasteiger partial charge is 0.161 e. The van der Waals surface area contributed by atoms with E-state index in [9.17, 15) is 0 Å². The van der Waals surface area contributed by atoms with E-state index in [1.165, 1.54) is 34.6 Å². The maximum Gasteiger partial charge on any atom is 0.161 e. The molecule has 0 spiro atoms. The maximum absolute atomic E-state index is 4.50. The van der Waals surface area contributed by atoms with Crippen LogP contribution >= 0.6 is 11.8 Å². The first-order valence-electron chi connectivity index (χ1n) is 5.69. The van der Waals surface area contributed by atoms with Crippen molar-refractivity contribution in [3.8, 4) is 0 Å². The minimum atomic E-state index is 0. The van der Waals surface area contributed by atoms with Crippen LogP contribution in [0.2, 0.25) is 0 Å². The third-order valence-electron chi connectivity index (χ3n) is 2.71. The van der Waals surface area contributed by atoms with Crippen molar-refractivity contribution in [2.24, 2.45) is 4.99 Å². The number of aryl methyl sites for hydroxylation is 3. The Morgan fingerprint density at radius 3 is 2.35 bits per heavy atom. The molecule has 1 aliphatic heterocycles. The predicted octanol–water partition coefficient (Wildman–Crippen LogP) is 0.521. The number of thioether (sulfide) groups is 1. The zero-order valence-corrected chi connectivity index (χ0v) is 12.1. The molecular formula is C13H18ClN2S-. The molecule has 2 rings (SSSR count). The maximum atomic E-state index is 4.50. The Hall–Kier alpha value is -0.670. The van der Waals surface area contributed by atoms with Crippen LogP contribution in [0.5, 0.6) is 0 Å². The van der Waals surface area contributed by atoms with Gasteiger partial charge in [-0.25, -0.2) is 0 Å². The van der Waals surface area contributed by atoms with E-state index < -0.39 is 0 Å². The Balaban J connectivity index is 0.00000144. The van der Waals surface area contributed by atoms with Gasteiger partial charge in [0, 0.05) is 18.0 Å². The third kappa shape index (κ3) is 3.65. The van der Waals surface area contributed by atoms with E-state index in [0.29, 0.717) is 0 Å². The van der Waals surface area contributed by atoms with Crippen molar-refractivity contribution in [1.82, 2.24) is 0 Å². The summed E-state index contributed by atoms with van der Waals surface area (Å²) in [4.78, 5) is 4.50. The van der Waals surface area contributed by atoms with Crippen LogP contribution in [-0.4, -0.2) is 17.5 Å². The first-order chi connectivity index (χ1) is 7.66. The monoisotopic (exact) mass is 269 g/mol. The number of hydrogen-bond donors (Lipinski definition) is 1. The molecule has 1 aromatic rings. The highest BCUT2D eigenvalue weighted by Gasteiger charge is 2.09. The second-order valence-electron chi connectivity index (χ2n) is 4.29. The standard InChI is InChI=1S/C13H18N2S.ClH/c1-9-7-10(2)12(11(3)8-9)15-13-14-5-4-6-16-13;/h7-8H,4-6H2,1-3H3,(H,14,15);1H/p-1. The Morgan fingerprint density at radius 1 is 1.18 bits per heavy atom. The van der Waals surface area contributed by atoms with Crippen molar-refractivity contribution in [3.63, 3.8) is 0 Å². The van der Waals surface area contributed by atoms with E-state index >= 15 is 0 Å². The van der Waals surface area contributed by atoms with Crippen LogP contribution in [0.15, 0.2) is 17.1 Å². The van der Waals surface area contributed by atoms with Crippen LogP contribution in [0.3, 0.4) is 0 Å². The second kappa shape index (κ2) is 6.31. The van der Waals surface area contributed by atoms with Crippen molar-refractivity contribution < 1.29 is 12.4 Å². The second-order valence-corrected chi connectivity index (χ2v) is 5.37.